The Kier molecular flexibility index (Phi) is 3.83. The molecule has 0 fully saturated rings. The predicted molar refractivity (Wildman–Crippen MR) is 80.1 cm³/mol. The van der Waals surface area contributed by atoms with Gasteiger partial charge in [0, 0.05) is 17.3 Å². The fraction of sp³-hybridized carbons (Fsp3) is 0.0667. The topological polar surface area (TPSA) is 42.7 Å². The number of benzene rings is 2. The molecule has 21 heavy (non-hydrogen) atoms. The molecule has 2 aromatic carbocycles. The zero-order valence-corrected chi connectivity index (χ0v) is 11.8. The van der Waals surface area contributed by atoms with Gasteiger partial charge in [-0.25, -0.2) is 4.39 Å². The maximum atomic E-state index is 13.0. The van der Waals surface area contributed by atoms with Crippen LogP contribution in [0.2, 0.25) is 5.02 Å². The SMILES string of the molecule is Fc1ccc(CNc2ccc(-n3nccn3)cc2)c(Cl)c1. The monoisotopic (exact) mass is 302 g/mol. The Hall–Kier alpha value is -2.40. The molecule has 0 radical (unpaired) electrons. The molecule has 0 saturated carbocycles. The Morgan fingerprint density at radius 3 is 2.43 bits per heavy atom. The van der Waals surface area contributed by atoms with Crippen LogP contribution in [-0.2, 0) is 6.54 Å². The van der Waals surface area contributed by atoms with Gasteiger partial charge < -0.3 is 5.32 Å². The third-order valence-electron chi connectivity index (χ3n) is 3.02. The van der Waals surface area contributed by atoms with Crippen LogP contribution in [0.25, 0.3) is 5.69 Å². The molecular weight excluding hydrogens is 291 g/mol. The molecule has 0 bridgehead atoms. The van der Waals surface area contributed by atoms with Crippen molar-refractivity contribution in [2.45, 2.75) is 6.54 Å². The number of rotatable bonds is 4. The molecule has 0 aliphatic heterocycles. The minimum absolute atomic E-state index is 0.333. The van der Waals surface area contributed by atoms with Gasteiger partial charge in [0.2, 0.25) is 0 Å². The Balaban J connectivity index is 1.68. The van der Waals surface area contributed by atoms with E-state index in [4.69, 9.17) is 11.6 Å². The number of halogens is 2. The first-order valence-corrected chi connectivity index (χ1v) is 6.75. The van der Waals surface area contributed by atoms with Crippen molar-refractivity contribution < 1.29 is 4.39 Å². The summed E-state index contributed by atoms with van der Waals surface area (Å²) in [5, 5.41) is 11.8. The predicted octanol–water partition coefficient (Wildman–Crippen LogP) is 3.67. The second kappa shape index (κ2) is 5.93. The standard InChI is InChI=1S/C15H12ClFN4/c16-15-9-12(17)2-1-11(15)10-18-13-3-5-14(6-4-13)21-19-7-8-20-21/h1-9,18H,10H2. The van der Waals surface area contributed by atoms with E-state index in [1.165, 1.54) is 12.1 Å². The largest absolute Gasteiger partial charge is 0.381 e. The highest BCUT2D eigenvalue weighted by atomic mass is 35.5. The third-order valence-corrected chi connectivity index (χ3v) is 3.37. The van der Waals surface area contributed by atoms with Crippen molar-refractivity contribution in [3.8, 4) is 5.69 Å². The van der Waals surface area contributed by atoms with Crippen LogP contribution in [0.4, 0.5) is 10.1 Å². The number of hydrogen-bond donors (Lipinski definition) is 1. The van der Waals surface area contributed by atoms with Gasteiger partial charge in [-0.1, -0.05) is 17.7 Å². The minimum Gasteiger partial charge on any atom is -0.381 e. The van der Waals surface area contributed by atoms with E-state index < -0.39 is 0 Å². The summed E-state index contributed by atoms with van der Waals surface area (Å²) in [6, 6.07) is 12.1. The molecule has 0 amide bonds. The fourth-order valence-corrected chi connectivity index (χ4v) is 2.16. The Labute approximate surface area is 126 Å². The summed E-state index contributed by atoms with van der Waals surface area (Å²) in [6.45, 7) is 0.526. The summed E-state index contributed by atoms with van der Waals surface area (Å²) in [6.07, 6.45) is 3.26. The Bertz CT molecular complexity index is 726. The number of nitrogens with zero attached hydrogens (tertiary/aromatic N) is 3. The van der Waals surface area contributed by atoms with Crippen molar-refractivity contribution in [2.75, 3.05) is 5.32 Å². The van der Waals surface area contributed by atoms with E-state index in [0.717, 1.165) is 16.9 Å². The second-order valence-corrected chi connectivity index (χ2v) is 4.86. The van der Waals surface area contributed by atoms with E-state index in [1.54, 1.807) is 23.3 Å². The molecule has 0 spiro atoms. The van der Waals surface area contributed by atoms with Crippen LogP contribution in [0.1, 0.15) is 5.56 Å². The van der Waals surface area contributed by atoms with E-state index >= 15 is 0 Å². The van der Waals surface area contributed by atoms with Crippen molar-refractivity contribution in [2.24, 2.45) is 0 Å². The molecule has 6 heteroatoms. The van der Waals surface area contributed by atoms with Crippen LogP contribution >= 0.6 is 11.6 Å². The normalized spacial score (nSPS) is 10.6. The van der Waals surface area contributed by atoms with Gasteiger partial charge in [-0.2, -0.15) is 15.0 Å². The maximum absolute atomic E-state index is 13.0. The fourth-order valence-electron chi connectivity index (χ4n) is 1.92. The summed E-state index contributed by atoms with van der Waals surface area (Å²) in [4.78, 5) is 1.54. The van der Waals surface area contributed by atoms with Crippen molar-refractivity contribution in [3.05, 3.63) is 71.3 Å². The average Bonchev–Trinajstić information content (AvgIpc) is 3.01. The van der Waals surface area contributed by atoms with Crippen molar-refractivity contribution in [1.29, 1.82) is 0 Å². The minimum atomic E-state index is -0.333. The Morgan fingerprint density at radius 2 is 1.76 bits per heavy atom. The lowest BCUT2D eigenvalue weighted by atomic mass is 10.2. The number of nitrogens with one attached hydrogen (secondary N) is 1. The van der Waals surface area contributed by atoms with Crippen LogP contribution in [0.5, 0.6) is 0 Å². The summed E-state index contributed by atoms with van der Waals surface area (Å²) < 4.78 is 13.0. The first-order valence-electron chi connectivity index (χ1n) is 6.37. The highest BCUT2D eigenvalue weighted by Crippen LogP contribution is 2.19. The number of hydrogen-bond acceptors (Lipinski definition) is 3. The molecule has 0 saturated heterocycles. The lowest BCUT2D eigenvalue weighted by molar-refractivity contribution is 0.627. The maximum Gasteiger partial charge on any atom is 0.124 e. The molecule has 1 N–H and O–H groups in total. The summed E-state index contributed by atoms with van der Waals surface area (Å²) in [7, 11) is 0. The summed E-state index contributed by atoms with van der Waals surface area (Å²) in [5.41, 5.74) is 2.66. The zero-order chi connectivity index (χ0) is 14.7. The third kappa shape index (κ3) is 3.20. The van der Waals surface area contributed by atoms with Crippen molar-refractivity contribution in [1.82, 2.24) is 15.0 Å². The first-order chi connectivity index (χ1) is 10.2. The van der Waals surface area contributed by atoms with Crippen LogP contribution < -0.4 is 5.32 Å². The molecule has 1 aromatic heterocycles. The van der Waals surface area contributed by atoms with Crippen molar-refractivity contribution in [3.63, 3.8) is 0 Å². The zero-order valence-electron chi connectivity index (χ0n) is 11.0. The van der Waals surface area contributed by atoms with Crippen LogP contribution in [0, 0.1) is 5.82 Å². The molecule has 1 heterocycles. The van der Waals surface area contributed by atoms with E-state index in [0.29, 0.717) is 11.6 Å². The Morgan fingerprint density at radius 1 is 1.05 bits per heavy atom. The van der Waals surface area contributed by atoms with Gasteiger partial charge in [0.05, 0.1) is 18.1 Å². The van der Waals surface area contributed by atoms with Gasteiger partial charge in [-0.3, -0.25) is 0 Å². The summed E-state index contributed by atoms with van der Waals surface area (Å²) >= 11 is 5.99. The molecule has 3 rings (SSSR count). The van der Waals surface area contributed by atoms with Crippen LogP contribution in [-0.4, -0.2) is 15.0 Å². The van der Waals surface area contributed by atoms with E-state index in [2.05, 4.69) is 15.5 Å². The van der Waals surface area contributed by atoms with E-state index in [9.17, 15) is 4.39 Å². The highest BCUT2D eigenvalue weighted by Gasteiger charge is 2.02. The van der Waals surface area contributed by atoms with E-state index in [-0.39, 0.29) is 5.82 Å². The first kappa shape index (κ1) is 13.6. The van der Waals surface area contributed by atoms with E-state index in [1.807, 2.05) is 24.3 Å². The summed E-state index contributed by atoms with van der Waals surface area (Å²) in [5.74, 6) is -0.333. The molecule has 0 aliphatic rings. The van der Waals surface area contributed by atoms with Gasteiger partial charge >= 0.3 is 0 Å². The molecule has 106 valence electrons. The van der Waals surface area contributed by atoms with Gasteiger partial charge in [-0.15, -0.1) is 0 Å². The smallest absolute Gasteiger partial charge is 0.124 e. The molecule has 0 unspecified atom stereocenters. The lowest BCUT2D eigenvalue weighted by Gasteiger charge is -2.09. The quantitative estimate of drug-likeness (QED) is 0.799. The molecule has 3 aromatic rings. The molecule has 0 aliphatic carbocycles. The second-order valence-electron chi connectivity index (χ2n) is 4.45. The highest BCUT2D eigenvalue weighted by molar-refractivity contribution is 6.31. The van der Waals surface area contributed by atoms with Crippen molar-refractivity contribution >= 4 is 17.3 Å². The molecule has 4 nitrogen and oxygen atoms in total. The van der Waals surface area contributed by atoms with Crippen LogP contribution in [0.3, 0.4) is 0 Å². The van der Waals surface area contributed by atoms with Gasteiger partial charge in [0.1, 0.15) is 5.82 Å². The van der Waals surface area contributed by atoms with Gasteiger partial charge in [0.15, 0.2) is 0 Å². The lowest BCUT2D eigenvalue weighted by Crippen LogP contribution is -2.02. The molecular formula is C15H12ClFN4. The van der Waals surface area contributed by atoms with Crippen LogP contribution in [0.15, 0.2) is 54.9 Å². The number of aromatic nitrogens is 3. The van der Waals surface area contributed by atoms with Gasteiger partial charge in [0.25, 0.3) is 0 Å². The molecule has 0 atom stereocenters. The number of anilines is 1. The van der Waals surface area contributed by atoms with Gasteiger partial charge in [-0.05, 0) is 42.0 Å². The average molecular weight is 303 g/mol.